The summed E-state index contributed by atoms with van der Waals surface area (Å²) in [6, 6.07) is 6.61. The third-order valence-electron chi connectivity index (χ3n) is 2.95. The summed E-state index contributed by atoms with van der Waals surface area (Å²) in [5.74, 6) is -0.205. The Morgan fingerprint density at radius 3 is 2.31 bits per heavy atom. The van der Waals surface area contributed by atoms with E-state index in [1.807, 2.05) is 12.1 Å². The fourth-order valence-electron chi connectivity index (χ4n) is 2.30. The predicted molar refractivity (Wildman–Crippen MR) is 61.8 cm³/mol. The van der Waals surface area contributed by atoms with Crippen LogP contribution in [-0.2, 0) is 10.3 Å². The summed E-state index contributed by atoms with van der Waals surface area (Å²) in [4.78, 5) is 0. The molecule has 0 aliphatic carbocycles. The smallest absolute Gasteiger partial charge is 0.123 e. The fraction of sp³-hybridized carbons (Fsp3) is 0.538. The molecular formula is C13H18FNO. The number of hydrogen-bond donors (Lipinski definition) is 1. The van der Waals surface area contributed by atoms with E-state index < -0.39 is 0 Å². The first kappa shape index (κ1) is 11.6. The fourth-order valence-corrected chi connectivity index (χ4v) is 2.30. The molecule has 1 aromatic rings. The lowest BCUT2D eigenvalue weighted by Gasteiger charge is -2.44. The topological polar surface area (TPSA) is 21.3 Å². The van der Waals surface area contributed by atoms with Crippen molar-refractivity contribution < 1.29 is 9.13 Å². The van der Waals surface area contributed by atoms with Crippen LogP contribution < -0.4 is 5.32 Å². The lowest BCUT2D eigenvalue weighted by Crippen LogP contribution is -2.60. The molecule has 1 saturated heterocycles. The van der Waals surface area contributed by atoms with Crippen molar-refractivity contribution in [3.63, 3.8) is 0 Å². The molecule has 0 spiro atoms. The third kappa shape index (κ3) is 2.25. The van der Waals surface area contributed by atoms with Crippen molar-refractivity contribution in [1.82, 2.24) is 5.32 Å². The van der Waals surface area contributed by atoms with Crippen molar-refractivity contribution in [1.29, 1.82) is 0 Å². The summed E-state index contributed by atoms with van der Waals surface area (Å²) in [6.07, 6.45) is 0. The molecule has 1 unspecified atom stereocenters. The van der Waals surface area contributed by atoms with Crippen LogP contribution in [0.25, 0.3) is 0 Å². The van der Waals surface area contributed by atoms with Gasteiger partial charge in [0.25, 0.3) is 0 Å². The SMILES string of the molecule is CC1(C)COCC(C)(c2ccc(F)cc2)N1. The van der Waals surface area contributed by atoms with E-state index in [4.69, 9.17) is 4.74 Å². The zero-order valence-corrected chi connectivity index (χ0v) is 10.0. The van der Waals surface area contributed by atoms with Gasteiger partial charge in [-0.15, -0.1) is 0 Å². The quantitative estimate of drug-likeness (QED) is 0.789. The monoisotopic (exact) mass is 223 g/mol. The highest BCUT2D eigenvalue weighted by atomic mass is 19.1. The van der Waals surface area contributed by atoms with E-state index in [2.05, 4.69) is 26.1 Å². The maximum atomic E-state index is 12.9. The van der Waals surface area contributed by atoms with Gasteiger partial charge in [0.15, 0.2) is 0 Å². The molecule has 0 aromatic heterocycles. The minimum atomic E-state index is -0.241. The second kappa shape index (κ2) is 3.82. The summed E-state index contributed by atoms with van der Waals surface area (Å²) in [6.45, 7) is 7.61. The molecule has 16 heavy (non-hydrogen) atoms. The molecule has 1 aliphatic rings. The van der Waals surface area contributed by atoms with Gasteiger partial charge in [-0.05, 0) is 38.5 Å². The standard InChI is InChI=1S/C13H18FNO/c1-12(2)8-16-9-13(3,15-12)10-4-6-11(14)7-5-10/h4-7,15H,8-9H2,1-3H3. The van der Waals surface area contributed by atoms with Crippen molar-refractivity contribution in [2.75, 3.05) is 13.2 Å². The molecular weight excluding hydrogens is 205 g/mol. The van der Waals surface area contributed by atoms with Gasteiger partial charge < -0.3 is 4.74 Å². The highest BCUT2D eigenvalue weighted by Gasteiger charge is 2.37. The number of halogens is 1. The molecule has 0 bridgehead atoms. The van der Waals surface area contributed by atoms with Gasteiger partial charge in [-0.3, -0.25) is 5.32 Å². The maximum Gasteiger partial charge on any atom is 0.123 e. The molecule has 2 rings (SSSR count). The first-order valence-electron chi connectivity index (χ1n) is 5.54. The van der Waals surface area contributed by atoms with Crippen LogP contribution in [0.15, 0.2) is 24.3 Å². The average molecular weight is 223 g/mol. The first-order chi connectivity index (χ1) is 7.41. The highest BCUT2D eigenvalue weighted by molar-refractivity contribution is 5.25. The first-order valence-corrected chi connectivity index (χ1v) is 5.54. The van der Waals surface area contributed by atoms with E-state index in [9.17, 15) is 4.39 Å². The third-order valence-corrected chi connectivity index (χ3v) is 2.95. The number of rotatable bonds is 1. The van der Waals surface area contributed by atoms with Crippen LogP contribution in [0.5, 0.6) is 0 Å². The lowest BCUT2D eigenvalue weighted by atomic mass is 9.87. The summed E-state index contributed by atoms with van der Waals surface area (Å²) in [5, 5.41) is 3.56. The summed E-state index contributed by atoms with van der Waals surface area (Å²) in [5.41, 5.74) is 0.762. The molecule has 1 heterocycles. The minimum Gasteiger partial charge on any atom is -0.377 e. The van der Waals surface area contributed by atoms with Gasteiger partial charge in [0.2, 0.25) is 0 Å². The zero-order valence-electron chi connectivity index (χ0n) is 10.0. The van der Waals surface area contributed by atoms with E-state index >= 15 is 0 Å². The van der Waals surface area contributed by atoms with Crippen molar-refractivity contribution in [2.45, 2.75) is 31.8 Å². The van der Waals surface area contributed by atoms with Crippen LogP contribution in [0.1, 0.15) is 26.3 Å². The van der Waals surface area contributed by atoms with Crippen molar-refractivity contribution >= 4 is 0 Å². The molecule has 2 nitrogen and oxygen atoms in total. The zero-order chi connectivity index (χ0) is 11.8. The minimum absolute atomic E-state index is 0.0542. The molecule has 1 aliphatic heterocycles. The van der Waals surface area contributed by atoms with Gasteiger partial charge in [0, 0.05) is 5.54 Å². The van der Waals surface area contributed by atoms with E-state index in [0.717, 1.165) is 5.56 Å². The molecule has 3 heteroatoms. The largest absolute Gasteiger partial charge is 0.377 e. The van der Waals surface area contributed by atoms with Crippen LogP contribution in [0.2, 0.25) is 0 Å². The van der Waals surface area contributed by atoms with Crippen LogP contribution in [0.4, 0.5) is 4.39 Å². The predicted octanol–water partition coefficient (Wildman–Crippen LogP) is 2.44. The Labute approximate surface area is 95.8 Å². The van der Waals surface area contributed by atoms with Crippen LogP contribution >= 0.6 is 0 Å². The van der Waals surface area contributed by atoms with E-state index in [1.165, 1.54) is 12.1 Å². The molecule has 1 atom stereocenters. The Hall–Kier alpha value is -0.930. The normalized spacial score (nSPS) is 29.0. The van der Waals surface area contributed by atoms with Gasteiger partial charge in [0.1, 0.15) is 5.82 Å². The van der Waals surface area contributed by atoms with Crippen molar-refractivity contribution in [3.8, 4) is 0 Å². The van der Waals surface area contributed by atoms with Crippen molar-refractivity contribution in [2.24, 2.45) is 0 Å². The average Bonchev–Trinajstić information content (AvgIpc) is 2.16. The second-order valence-electron chi connectivity index (χ2n) is 5.34. The molecule has 1 aromatic carbocycles. The molecule has 1 N–H and O–H groups in total. The summed E-state index contributed by atoms with van der Waals surface area (Å²) in [7, 11) is 0. The van der Waals surface area contributed by atoms with E-state index in [-0.39, 0.29) is 16.9 Å². The van der Waals surface area contributed by atoms with Gasteiger partial charge in [-0.2, -0.15) is 0 Å². The van der Waals surface area contributed by atoms with Gasteiger partial charge in [-0.1, -0.05) is 12.1 Å². The summed E-state index contributed by atoms with van der Waals surface area (Å²) < 4.78 is 18.5. The van der Waals surface area contributed by atoms with Gasteiger partial charge in [0.05, 0.1) is 18.8 Å². The summed E-state index contributed by atoms with van der Waals surface area (Å²) >= 11 is 0. The number of benzene rings is 1. The van der Waals surface area contributed by atoms with Crippen LogP contribution in [0.3, 0.4) is 0 Å². The molecule has 0 amide bonds. The Morgan fingerprint density at radius 2 is 1.75 bits per heavy atom. The maximum absolute atomic E-state index is 12.9. The molecule has 0 saturated carbocycles. The number of morpholine rings is 1. The highest BCUT2D eigenvalue weighted by Crippen LogP contribution is 2.28. The Bertz CT molecular complexity index is 374. The Kier molecular flexibility index (Phi) is 2.76. The van der Waals surface area contributed by atoms with Crippen LogP contribution in [-0.4, -0.2) is 18.8 Å². The number of nitrogens with one attached hydrogen (secondary N) is 1. The van der Waals surface area contributed by atoms with Crippen molar-refractivity contribution in [3.05, 3.63) is 35.6 Å². The van der Waals surface area contributed by atoms with Gasteiger partial charge >= 0.3 is 0 Å². The Balaban J connectivity index is 2.27. The Morgan fingerprint density at radius 1 is 1.12 bits per heavy atom. The second-order valence-corrected chi connectivity index (χ2v) is 5.34. The number of ether oxygens (including phenoxy) is 1. The molecule has 88 valence electrons. The molecule has 0 radical (unpaired) electrons. The van der Waals surface area contributed by atoms with E-state index in [0.29, 0.717) is 13.2 Å². The lowest BCUT2D eigenvalue weighted by molar-refractivity contribution is -0.0264. The number of hydrogen-bond acceptors (Lipinski definition) is 2. The molecule has 1 fully saturated rings. The van der Waals surface area contributed by atoms with Crippen LogP contribution in [0, 0.1) is 5.82 Å². The van der Waals surface area contributed by atoms with Gasteiger partial charge in [-0.25, -0.2) is 4.39 Å². The van der Waals surface area contributed by atoms with E-state index in [1.54, 1.807) is 0 Å².